The summed E-state index contributed by atoms with van der Waals surface area (Å²) in [5.74, 6) is 0.615. The summed E-state index contributed by atoms with van der Waals surface area (Å²) in [7, 11) is 1.65. The molecule has 1 saturated heterocycles. The fraction of sp³-hybridized carbons (Fsp3) is 0.636. The average molecular weight is 301 g/mol. The first-order chi connectivity index (χ1) is 8.13. The number of anilines is 1. The number of nitrogens with two attached hydrogens (primary N) is 1. The standard InChI is InChI=1S/C11H17BrN4O/c1-15-11(17)10(12)9(7-14-15)16-4-2-8(6-13)3-5-16/h7-8H,2-6,13H2,1H3. The summed E-state index contributed by atoms with van der Waals surface area (Å²) >= 11 is 3.36. The Morgan fingerprint density at radius 1 is 1.53 bits per heavy atom. The van der Waals surface area contributed by atoms with E-state index in [9.17, 15) is 4.79 Å². The Morgan fingerprint density at radius 3 is 2.76 bits per heavy atom. The fourth-order valence-electron chi connectivity index (χ4n) is 2.13. The van der Waals surface area contributed by atoms with Crippen LogP contribution in [-0.4, -0.2) is 29.4 Å². The molecular formula is C11H17BrN4O. The summed E-state index contributed by atoms with van der Waals surface area (Å²) in [4.78, 5) is 14.0. The van der Waals surface area contributed by atoms with Crippen LogP contribution in [0.3, 0.4) is 0 Å². The zero-order chi connectivity index (χ0) is 12.4. The Balaban J connectivity index is 2.19. The predicted molar refractivity (Wildman–Crippen MR) is 71.2 cm³/mol. The van der Waals surface area contributed by atoms with Crippen LogP contribution in [0.25, 0.3) is 0 Å². The molecule has 5 nitrogen and oxygen atoms in total. The van der Waals surface area contributed by atoms with Gasteiger partial charge in [-0.15, -0.1) is 0 Å². The molecule has 1 fully saturated rings. The summed E-state index contributed by atoms with van der Waals surface area (Å²) in [5.41, 5.74) is 6.47. The van der Waals surface area contributed by atoms with Crippen molar-refractivity contribution in [3.63, 3.8) is 0 Å². The second kappa shape index (κ2) is 5.18. The van der Waals surface area contributed by atoms with E-state index in [0.717, 1.165) is 38.2 Å². The molecule has 6 heteroatoms. The summed E-state index contributed by atoms with van der Waals surface area (Å²) in [6, 6.07) is 0. The van der Waals surface area contributed by atoms with Gasteiger partial charge in [-0.3, -0.25) is 4.79 Å². The van der Waals surface area contributed by atoms with Crippen LogP contribution in [0.4, 0.5) is 5.69 Å². The van der Waals surface area contributed by atoms with Gasteiger partial charge in [-0.1, -0.05) is 0 Å². The SMILES string of the molecule is Cn1ncc(N2CCC(CN)CC2)c(Br)c1=O. The highest BCUT2D eigenvalue weighted by Crippen LogP contribution is 2.26. The van der Waals surface area contributed by atoms with Gasteiger partial charge >= 0.3 is 0 Å². The van der Waals surface area contributed by atoms with Crippen LogP contribution in [0.1, 0.15) is 12.8 Å². The third-order valence-electron chi connectivity index (χ3n) is 3.35. The molecule has 1 aliphatic rings. The van der Waals surface area contributed by atoms with Crippen LogP contribution < -0.4 is 16.2 Å². The molecule has 17 heavy (non-hydrogen) atoms. The van der Waals surface area contributed by atoms with E-state index in [1.54, 1.807) is 13.2 Å². The van der Waals surface area contributed by atoms with Gasteiger partial charge in [0.25, 0.3) is 5.56 Å². The molecule has 1 aliphatic heterocycles. The maximum absolute atomic E-state index is 11.8. The molecule has 2 rings (SSSR count). The lowest BCUT2D eigenvalue weighted by Gasteiger charge is -2.33. The largest absolute Gasteiger partial charge is 0.369 e. The van der Waals surface area contributed by atoms with E-state index in [1.165, 1.54) is 4.68 Å². The van der Waals surface area contributed by atoms with Crippen molar-refractivity contribution in [2.24, 2.45) is 18.7 Å². The molecular weight excluding hydrogens is 284 g/mol. The van der Waals surface area contributed by atoms with Crippen molar-refractivity contribution in [2.75, 3.05) is 24.5 Å². The third kappa shape index (κ3) is 2.52. The van der Waals surface area contributed by atoms with E-state index in [0.29, 0.717) is 10.4 Å². The van der Waals surface area contributed by atoms with Gasteiger partial charge in [0.15, 0.2) is 0 Å². The summed E-state index contributed by atoms with van der Waals surface area (Å²) < 4.78 is 1.93. The maximum Gasteiger partial charge on any atom is 0.282 e. The van der Waals surface area contributed by atoms with E-state index in [4.69, 9.17) is 5.73 Å². The number of hydrogen-bond donors (Lipinski definition) is 1. The van der Waals surface area contributed by atoms with E-state index >= 15 is 0 Å². The highest BCUT2D eigenvalue weighted by molar-refractivity contribution is 9.10. The summed E-state index contributed by atoms with van der Waals surface area (Å²) in [6.07, 6.45) is 3.91. The summed E-state index contributed by atoms with van der Waals surface area (Å²) in [5, 5.41) is 4.06. The quantitative estimate of drug-likeness (QED) is 0.874. The van der Waals surface area contributed by atoms with Crippen LogP contribution in [0, 0.1) is 5.92 Å². The first-order valence-corrected chi connectivity index (χ1v) is 6.59. The van der Waals surface area contributed by atoms with Gasteiger partial charge < -0.3 is 10.6 Å². The minimum Gasteiger partial charge on any atom is -0.369 e. The topological polar surface area (TPSA) is 64.2 Å². The molecule has 0 atom stereocenters. The van der Waals surface area contributed by atoms with Gasteiger partial charge in [-0.2, -0.15) is 5.10 Å². The molecule has 0 saturated carbocycles. The highest BCUT2D eigenvalue weighted by Gasteiger charge is 2.21. The van der Waals surface area contributed by atoms with Gasteiger partial charge in [0.05, 0.1) is 11.9 Å². The van der Waals surface area contributed by atoms with E-state index < -0.39 is 0 Å². The van der Waals surface area contributed by atoms with Gasteiger partial charge in [0.1, 0.15) is 4.47 Å². The van der Waals surface area contributed by atoms with Crippen LogP contribution in [-0.2, 0) is 7.05 Å². The lowest BCUT2D eigenvalue weighted by atomic mass is 9.97. The van der Waals surface area contributed by atoms with E-state index in [2.05, 4.69) is 25.9 Å². The van der Waals surface area contributed by atoms with E-state index in [1.807, 2.05) is 0 Å². The minimum atomic E-state index is -0.0940. The third-order valence-corrected chi connectivity index (χ3v) is 4.09. The van der Waals surface area contributed by atoms with Crippen molar-refractivity contribution in [1.29, 1.82) is 0 Å². The second-order valence-corrected chi connectivity index (χ2v) is 5.23. The number of nitrogens with zero attached hydrogens (tertiary/aromatic N) is 3. The predicted octanol–water partition coefficient (Wildman–Crippen LogP) is 0.718. The molecule has 94 valence electrons. The molecule has 0 aliphatic carbocycles. The van der Waals surface area contributed by atoms with Crippen LogP contribution in [0.5, 0.6) is 0 Å². The molecule has 2 heterocycles. The number of piperidine rings is 1. The molecule has 0 unspecified atom stereocenters. The van der Waals surface area contributed by atoms with Gasteiger partial charge in [0.2, 0.25) is 0 Å². The van der Waals surface area contributed by atoms with E-state index in [-0.39, 0.29) is 5.56 Å². The minimum absolute atomic E-state index is 0.0940. The van der Waals surface area contributed by atoms with Crippen LogP contribution in [0.2, 0.25) is 0 Å². The van der Waals surface area contributed by atoms with Crippen molar-refractivity contribution in [2.45, 2.75) is 12.8 Å². The van der Waals surface area contributed by atoms with Crippen LogP contribution >= 0.6 is 15.9 Å². The van der Waals surface area contributed by atoms with Gasteiger partial charge in [0, 0.05) is 20.1 Å². The Bertz CT molecular complexity index is 451. The molecule has 0 bridgehead atoms. The maximum atomic E-state index is 11.8. The van der Waals surface area contributed by atoms with Crippen molar-refractivity contribution in [3.8, 4) is 0 Å². The Morgan fingerprint density at radius 2 is 2.18 bits per heavy atom. The van der Waals surface area contributed by atoms with Crippen molar-refractivity contribution >= 4 is 21.6 Å². The normalized spacial score (nSPS) is 17.5. The number of halogens is 1. The molecule has 0 radical (unpaired) electrons. The van der Waals surface area contributed by atoms with Crippen molar-refractivity contribution < 1.29 is 0 Å². The monoisotopic (exact) mass is 300 g/mol. The zero-order valence-corrected chi connectivity index (χ0v) is 11.5. The Kier molecular flexibility index (Phi) is 3.83. The second-order valence-electron chi connectivity index (χ2n) is 4.44. The van der Waals surface area contributed by atoms with Crippen LogP contribution in [0.15, 0.2) is 15.5 Å². The number of aromatic nitrogens is 2. The first kappa shape index (κ1) is 12.6. The lowest BCUT2D eigenvalue weighted by Crippen LogP contribution is -2.37. The first-order valence-electron chi connectivity index (χ1n) is 5.80. The Hall–Kier alpha value is -0.880. The smallest absolute Gasteiger partial charge is 0.282 e. The van der Waals surface area contributed by atoms with Crippen molar-refractivity contribution in [3.05, 3.63) is 21.0 Å². The number of rotatable bonds is 2. The van der Waals surface area contributed by atoms with Gasteiger partial charge in [-0.25, -0.2) is 4.68 Å². The number of hydrogen-bond acceptors (Lipinski definition) is 4. The molecule has 2 N–H and O–H groups in total. The molecule has 1 aromatic rings. The fourth-order valence-corrected chi connectivity index (χ4v) is 2.74. The Labute approximate surface area is 109 Å². The average Bonchev–Trinajstić information content (AvgIpc) is 2.36. The lowest BCUT2D eigenvalue weighted by molar-refractivity contribution is 0.413. The van der Waals surface area contributed by atoms with Crippen molar-refractivity contribution in [1.82, 2.24) is 9.78 Å². The van der Waals surface area contributed by atoms with Gasteiger partial charge in [-0.05, 0) is 41.2 Å². The molecule has 0 amide bonds. The molecule has 0 spiro atoms. The number of aryl methyl sites for hydroxylation is 1. The molecule has 1 aromatic heterocycles. The summed E-state index contributed by atoms with van der Waals surface area (Å²) in [6.45, 7) is 2.63. The highest BCUT2D eigenvalue weighted by atomic mass is 79.9. The zero-order valence-electron chi connectivity index (χ0n) is 9.90. The molecule has 0 aromatic carbocycles.